The van der Waals surface area contributed by atoms with Crippen molar-refractivity contribution in [3.8, 4) is 0 Å². The Labute approximate surface area is 135 Å². The fraction of sp³-hybridized carbons (Fsp3) is 0.846. The lowest BCUT2D eigenvalue weighted by Gasteiger charge is -2.41. The van der Waals surface area contributed by atoms with Gasteiger partial charge < -0.3 is 13.7 Å². The highest BCUT2D eigenvalue weighted by Crippen LogP contribution is 2.39. The van der Waals surface area contributed by atoms with Crippen molar-refractivity contribution in [3.05, 3.63) is 11.8 Å². The van der Waals surface area contributed by atoms with Crippen molar-refractivity contribution in [2.75, 3.05) is 0 Å². The Kier molecular flexibility index (Phi) is 5.67. The van der Waals surface area contributed by atoms with Gasteiger partial charge in [0.25, 0.3) is 0 Å². The molecule has 0 bridgehead atoms. The fourth-order valence-electron chi connectivity index (χ4n) is 1.78. The van der Waals surface area contributed by atoms with Crippen LogP contribution in [0.15, 0.2) is 11.8 Å². The van der Waals surface area contributed by atoms with Crippen LogP contribution in [0.25, 0.3) is 0 Å². The molecule has 1 rings (SSSR count). The summed E-state index contributed by atoms with van der Waals surface area (Å²) in [5.41, 5.74) is -5.49. The first-order valence-corrected chi connectivity index (χ1v) is 11.5. The number of aliphatic hydroxyl groups excluding tert-OH is 1. The molecule has 0 radical (unpaired) electrons. The van der Waals surface area contributed by atoms with Gasteiger partial charge in [0.05, 0.1) is 6.10 Å². The highest BCUT2D eigenvalue weighted by atomic mass is 32.2. The highest BCUT2D eigenvalue weighted by Gasteiger charge is 2.49. The fourth-order valence-corrected chi connectivity index (χ4v) is 3.66. The molecule has 0 unspecified atom stereocenters. The van der Waals surface area contributed by atoms with Crippen LogP contribution in [-0.4, -0.2) is 39.6 Å². The quantitative estimate of drug-likeness (QED) is 0.463. The molecule has 0 aromatic rings. The van der Waals surface area contributed by atoms with Gasteiger partial charge in [-0.05, 0) is 30.6 Å². The molecule has 0 heterocycles. The summed E-state index contributed by atoms with van der Waals surface area (Å²) in [6.45, 7) is 10.0. The molecule has 0 aliphatic heterocycles. The second kappa shape index (κ2) is 6.38. The topological polar surface area (TPSA) is 72.8 Å². The van der Waals surface area contributed by atoms with Crippen LogP contribution in [0.4, 0.5) is 13.2 Å². The second-order valence-electron chi connectivity index (χ2n) is 7.06. The van der Waals surface area contributed by atoms with E-state index < -0.39 is 41.9 Å². The van der Waals surface area contributed by atoms with Crippen molar-refractivity contribution >= 4 is 18.4 Å². The molecule has 1 aliphatic carbocycles. The first kappa shape index (κ1) is 20.5. The lowest BCUT2D eigenvalue weighted by Crippen LogP contribution is -2.47. The third kappa shape index (κ3) is 4.94. The minimum Gasteiger partial charge on any atom is -0.411 e. The summed E-state index contributed by atoms with van der Waals surface area (Å²) in [7, 11) is -7.87. The van der Waals surface area contributed by atoms with Gasteiger partial charge in [-0.1, -0.05) is 20.8 Å². The third-order valence-corrected chi connectivity index (χ3v) is 9.67. The Morgan fingerprint density at radius 3 is 2.17 bits per heavy atom. The van der Waals surface area contributed by atoms with E-state index in [0.29, 0.717) is 0 Å². The van der Waals surface area contributed by atoms with E-state index in [-0.39, 0.29) is 17.9 Å². The molecule has 136 valence electrons. The Morgan fingerprint density at radius 1 is 1.26 bits per heavy atom. The molecule has 5 nitrogen and oxygen atoms in total. The zero-order chi connectivity index (χ0) is 18.3. The average molecular weight is 376 g/mol. The summed E-state index contributed by atoms with van der Waals surface area (Å²) in [4.78, 5) is 0. The molecule has 2 atom stereocenters. The smallest absolute Gasteiger partial charge is 0.411 e. The number of aliphatic hydroxyl groups is 1. The highest BCUT2D eigenvalue weighted by molar-refractivity contribution is 7.87. The van der Waals surface area contributed by atoms with E-state index in [9.17, 15) is 26.7 Å². The van der Waals surface area contributed by atoms with Gasteiger partial charge in [0.15, 0.2) is 8.32 Å². The van der Waals surface area contributed by atoms with Gasteiger partial charge in [0.2, 0.25) is 0 Å². The summed E-state index contributed by atoms with van der Waals surface area (Å²) >= 11 is 0. The minimum absolute atomic E-state index is 0.0499. The van der Waals surface area contributed by atoms with Crippen LogP contribution in [0.3, 0.4) is 0 Å². The SMILES string of the molecule is CC(C)(C)[Si](C)(C)O[C@@H]1CCC(OS(=O)(=O)C(F)(F)F)=C[C@H]1O. The van der Waals surface area contributed by atoms with Crippen molar-refractivity contribution in [2.24, 2.45) is 0 Å². The molecule has 0 fully saturated rings. The molecule has 10 heteroatoms. The number of halogens is 3. The van der Waals surface area contributed by atoms with Gasteiger partial charge in [-0.3, -0.25) is 0 Å². The van der Waals surface area contributed by atoms with Gasteiger partial charge in [-0.2, -0.15) is 21.6 Å². The molecule has 1 aliphatic rings. The van der Waals surface area contributed by atoms with E-state index in [4.69, 9.17) is 4.43 Å². The number of rotatable bonds is 4. The second-order valence-corrected chi connectivity index (χ2v) is 13.4. The van der Waals surface area contributed by atoms with Gasteiger partial charge in [0.1, 0.15) is 11.9 Å². The summed E-state index contributed by atoms with van der Waals surface area (Å²) in [6.07, 6.45) is -0.684. The zero-order valence-electron chi connectivity index (χ0n) is 13.8. The van der Waals surface area contributed by atoms with Gasteiger partial charge in [-0.25, -0.2) is 0 Å². The normalized spacial score (nSPS) is 24.3. The van der Waals surface area contributed by atoms with Crippen LogP contribution in [0, 0.1) is 0 Å². The summed E-state index contributed by atoms with van der Waals surface area (Å²) in [5, 5.41) is 9.94. The Bertz CT molecular complexity index is 563. The van der Waals surface area contributed by atoms with E-state index in [1.807, 2.05) is 33.9 Å². The van der Waals surface area contributed by atoms with E-state index in [1.54, 1.807) is 0 Å². The molecule has 0 saturated carbocycles. The Balaban J connectivity index is 2.83. The van der Waals surface area contributed by atoms with Crippen LogP contribution in [-0.2, 0) is 18.7 Å². The lowest BCUT2D eigenvalue weighted by atomic mass is 10.0. The number of allylic oxidation sites excluding steroid dienone is 1. The molecule has 1 N–H and O–H groups in total. The van der Waals surface area contributed by atoms with Crippen LogP contribution < -0.4 is 0 Å². The molecule has 0 aromatic carbocycles. The van der Waals surface area contributed by atoms with Crippen molar-refractivity contribution in [1.82, 2.24) is 0 Å². The minimum atomic E-state index is -5.71. The molecule has 0 aromatic heterocycles. The third-order valence-electron chi connectivity index (χ3n) is 4.17. The molecular formula is C13H23F3O5SSi. The van der Waals surface area contributed by atoms with Crippen LogP contribution in [0.5, 0.6) is 0 Å². The lowest BCUT2D eigenvalue weighted by molar-refractivity contribution is -0.0528. The molecule has 0 saturated heterocycles. The summed E-state index contributed by atoms with van der Waals surface area (Å²) < 4.78 is 68.9. The molecule has 0 spiro atoms. The number of hydrogen-bond donors (Lipinski definition) is 1. The van der Waals surface area contributed by atoms with Crippen molar-refractivity contribution in [3.63, 3.8) is 0 Å². The predicted molar refractivity (Wildman–Crippen MR) is 81.5 cm³/mol. The van der Waals surface area contributed by atoms with Crippen LogP contribution in [0.2, 0.25) is 18.1 Å². The molecular weight excluding hydrogens is 353 g/mol. The maximum atomic E-state index is 12.3. The standard InChI is InChI=1S/C13H23F3O5SSi/c1-12(2,3)23(4,5)21-11-7-6-9(8-10(11)17)20-22(18,19)13(14,15)16/h8,10-11,17H,6-7H2,1-5H3/t10-,11-/m1/s1. The Morgan fingerprint density at radius 2 is 1.78 bits per heavy atom. The largest absolute Gasteiger partial charge is 0.534 e. The number of alkyl halides is 3. The first-order chi connectivity index (χ1) is 10.1. The van der Waals surface area contributed by atoms with E-state index >= 15 is 0 Å². The Hall–Kier alpha value is -0.583. The van der Waals surface area contributed by atoms with Crippen LogP contribution >= 0.6 is 0 Å². The van der Waals surface area contributed by atoms with Gasteiger partial charge in [0, 0.05) is 6.42 Å². The van der Waals surface area contributed by atoms with E-state index in [0.717, 1.165) is 6.08 Å². The van der Waals surface area contributed by atoms with Gasteiger partial charge in [-0.15, -0.1) is 0 Å². The zero-order valence-corrected chi connectivity index (χ0v) is 15.6. The monoisotopic (exact) mass is 376 g/mol. The van der Waals surface area contributed by atoms with E-state index in [1.165, 1.54) is 0 Å². The van der Waals surface area contributed by atoms with Crippen LogP contribution in [0.1, 0.15) is 33.6 Å². The predicted octanol–water partition coefficient (Wildman–Crippen LogP) is 3.28. The van der Waals surface area contributed by atoms with Crippen molar-refractivity contribution < 1.29 is 35.3 Å². The summed E-state index contributed by atoms with van der Waals surface area (Å²) in [6, 6.07) is 0. The van der Waals surface area contributed by atoms with Gasteiger partial charge >= 0.3 is 15.6 Å². The first-order valence-electron chi connectivity index (χ1n) is 7.14. The average Bonchev–Trinajstić information content (AvgIpc) is 2.29. The van der Waals surface area contributed by atoms with E-state index in [2.05, 4.69) is 4.18 Å². The maximum Gasteiger partial charge on any atom is 0.534 e. The summed E-state index contributed by atoms with van der Waals surface area (Å²) in [5.74, 6) is -0.412. The number of hydrogen-bond acceptors (Lipinski definition) is 5. The maximum absolute atomic E-state index is 12.3. The molecule has 0 amide bonds. The molecule has 23 heavy (non-hydrogen) atoms. The van der Waals surface area contributed by atoms with Crippen molar-refractivity contribution in [2.45, 2.75) is 69.5 Å². The van der Waals surface area contributed by atoms with Crippen molar-refractivity contribution in [1.29, 1.82) is 0 Å².